The molecule has 0 saturated carbocycles. The zero-order chi connectivity index (χ0) is 21.2. The van der Waals surface area contributed by atoms with Gasteiger partial charge in [-0.15, -0.1) is 0 Å². The number of aryl methyl sites for hydroxylation is 2. The minimum absolute atomic E-state index is 0.0700. The van der Waals surface area contributed by atoms with Crippen LogP contribution in [0.15, 0.2) is 36.4 Å². The standard InChI is InChI=1S/C21H24Cl2N2O3S/c1-14-6-7-17(12-15(14)2)24-21(26)16-8-10-25(11-9-16)29(27,28)13-18-19(22)4-3-5-20(18)23/h3-7,12,16H,8-11,13H2,1-2H3,(H,24,26). The van der Waals surface area contributed by atoms with Crippen molar-refractivity contribution in [1.29, 1.82) is 0 Å². The Labute approximate surface area is 182 Å². The van der Waals surface area contributed by atoms with E-state index < -0.39 is 10.0 Å². The van der Waals surface area contributed by atoms with E-state index in [-0.39, 0.29) is 17.6 Å². The molecule has 0 unspecified atom stereocenters. The lowest BCUT2D eigenvalue weighted by molar-refractivity contribution is -0.120. The fourth-order valence-electron chi connectivity index (χ4n) is 3.40. The first-order valence-corrected chi connectivity index (χ1v) is 11.8. The van der Waals surface area contributed by atoms with Gasteiger partial charge in [-0.05, 0) is 62.1 Å². The van der Waals surface area contributed by atoms with Crippen LogP contribution in [0.2, 0.25) is 10.0 Å². The molecular weight excluding hydrogens is 431 g/mol. The number of carbonyl (C=O) groups is 1. The van der Waals surface area contributed by atoms with E-state index in [0.717, 1.165) is 11.3 Å². The summed E-state index contributed by atoms with van der Waals surface area (Å²) in [5, 5.41) is 3.62. The number of halogens is 2. The molecule has 0 aliphatic carbocycles. The average molecular weight is 455 g/mol. The van der Waals surface area contributed by atoms with Crippen molar-refractivity contribution in [2.45, 2.75) is 32.4 Å². The maximum atomic E-state index is 12.8. The molecule has 0 aromatic heterocycles. The SMILES string of the molecule is Cc1ccc(NC(=O)C2CCN(S(=O)(=O)Cc3c(Cl)cccc3Cl)CC2)cc1C. The molecular formula is C21H24Cl2N2O3S. The number of nitrogens with one attached hydrogen (secondary N) is 1. The molecule has 0 atom stereocenters. The number of benzene rings is 2. The minimum atomic E-state index is -3.57. The highest BCUT2D eigenvalue weighted by molar-refractivity contribution is 7.88. The van der Waals surface area contributed by atoms with E-state index in [1.54, 1.807) is 18.2 Å². The summed E-state index contributed by atoms with van der Waals surface area (Å²) in [5.74, 6) is -0.531. The summed E-state index contributed by atoms with van der Waals surface area (Å²) in [7, 11) is -3.57. The Balaban J connectivity index is 1.60. The minimum Gasteiger partial charge on any atom is -0.326 e. The largest absolute Gasteiger partial charge is 0.326 e. The monoisotopic (exact) mass is 454 g/mol. The third-order valence-corrected chi connectivity index (χ3v) is 7.89. The first-order valence-electron chi connectivity index (χ1n) is 9.46. The van der Waals surface area contributed by atoms with Crippen LogP contribution >= 0.6 is 23.2 Å². The Morgan fingerprint density at radius 3 is 2.28 bits per heavy atom. The molecule has 2 aromatic carbocycles. The quantitative estimate of drug-likeness (QED) is 0.705. The van der Waals surface area contributed by atoms with E-state index in [1.807, 2.05) is 32.0 Å². The van der Waals surface area contributed by atoms with Crippen LogP contribution in [-0.2, 0) is 20.6 Å². The zero-order valence-corrected chi connectivity index (χ0v) is 18.7. The van der Waals surface area contributed by atoms with Crippen LogP contribution < -0.4 is 5.32 Å². The second-order valence-electron chi connectivity index (χ2n) is 7.42. The molecule has 8 heteroatoms. The summed E-state index contributed by atoms with van der Waals surface area (Å²) in [6, 6.07) is 10.7. The number of amides is 1. The van der Waals surface area contributed by atoms with Crippen molar-refractivity contribution in [2.24, 2.45) is 5.92 Å². The van der Waals surface area contributed by atoms with Crippen LogP contribution in [0, 0.1) is 19.8 Å². The molecule has 2 aromatic rings. The van der Waals surface area contributed by atoms with Gasteiger partial charge in [-0.1, -0.05) is 35.3 Å². The number of hydrogen-bond acceptors (Lipinski definition) is 3. The number of carbonyl (C=O) groups excluding carboxylic acids is 1. The second kappa shape index (κ2) is 9.04. The molecule has 1 aliphatic heterocycles. The van der Waals surface area contributed by atoms with Crippen molar-refractivity contribution in [1.82, 2.24) is 4.31 Å². The van der Waals surface area contributed by atoms with Crippen molar-refractivity contribution in [2.75, 3.05) is 18.4 Å². The summed E-state index contributed by atoms with van der Waals surface area (Å²) in [6.07, 6.45) is 0.957. The maximum absolute atomic E-state index is 12.8. The fraction of sp³-hybridized carbons (Fsp3) is 0.381. The molecule has 5 nitrogen and oxygen atoms in total. The van der Waals surface area contributed by atoms with E-state index in [9.17, 15) is 13.2 Å². The van der Waals surface area contributed by atoms with Crippen LogP contribution in [0.3, 0.4) is 0 Å². The summed E-state index contributed by atoms with van der Waals surface area (Å²) in [6.45, 7) is 4.62. The van der Waals surface area contributed by atoms with Gasteiger partial charge < -0.3 is 5.32 Å². The van der Waals surface area contributed by atoms with Crippen LogP contribution in [-0.4, -0.2) is 31.7 Å². The van der Waals surface area contributed by atoms with Gasteiger partial charge >= 0.3 is 0 Å². The highest BCUT2D eigenvalue weighted by Gasteiger charge is 2.32. The highest BCUT2D eigenvalue weighted by atomic mass is 35.5. The van der Waals surface area contributed by atoms with Crippen LogP contribution in [0.5, 0.6) is 0 Å². The molecule has 29 heavy (non-hydrogen) atoms. The summed E-state index contributed by atoms with van der Waals surface area (Å²) < 4.78 is 27.0. The van der Waals surface area contributed by atoms with Crippen LogP contribution in [0.1, 0.15) is 29.5 Å². The van der Waals surface area contributed by atoms with Gasteiger partial charge in [-0.25, -0.2) is 12.7 Å². The summed E-state index contributed by atoms with van der Waals surface area (Å²) >= 11 is 12.2. The number of piperidine rings is 1. The lowest BCUT2D eigenvalue weighted by Gasteiger charge is -2.30. The Morgan fingerprint density at radius 2 is 1.69 bits per heavy atom. The van der Waals surface area contributed by atoms with E-state index in [0.29, 0.717) is 41.5 Å². The van der Waals surface area contributed by atoms with Crippen molar-refractivity contribution in [3.05, 3.63) is 63.1 Å². The first kappa shape index (κ1) is 22.1. The predicted octanol–water partition coefficient (Wildman–Crippen LogP) is 4.79. The Hall–Kier alpha value is -1.60. The third-order valence-electron chi connectivity index (χ3n) is 5.38. The average Bonchev–Trinajstić information content (AvgIpc) is 2.68. The highest BCUT2D eigenvalue weighted by Crippen LogP contribution is 2.29. The molecule has 1 heterocycles. The Bertz CT molecular complexity index is 996. The molecule has 1 fully saturated rings. The number of rotatable bonds is 5. The van der Waals surface area contributed by atoms with Gasteiger partial charge in [0.15, 0.2) is 0 Å². The number of hydrogen-bond donors (Lipinski definition) is 1. The molecule has 1 N–H and O–H groups in total. The lowest BCUT2D eigenvalue weighted by Crippen LogP contribution is -2.42. The number of anilines is 1. The van der Waals surface area contributed by atoms with Gasteiger partial charge in [0, 0.05) is 40.3 Å². The van der Waals surface area contributed by atoms with Crippen molar-refractivity contribution in [3.63, 3.8) is 0 Å². The van der Waals surface area contributed by atoms with Gasteiger partial charge in [0.2, 0.25) is 15.9 Å². The fourth-order valence-corrected chi connectivity index (χ4v) is 5.72. The molecule has 156 valence electrons. The van der Waals surface area contributed by atoms with Crippen molar-refractivity contribution >= 4 is 44.8 Å². The second-order valence-corrected chi connectivity index (χ2v) is 10.2. The van der Waals surface area contributed by atoms with E-state index >= 15 is 0 Å². The van der Waals surface area contributed by atoms with Crippen molar-refractivity contribution < 1.29 is 13.2 Å². The van der Waals surface area contributed by atoms with Gasteiger partial charge in [0.05, 0.1) is 5.75 Å². The van der Waals surface area contributed by atoms with Gasteiger partial charge in [-0.2, -0.15) is 0 Å². The van der Waals surface area contributed by atoms with Gasteiger partial charge in [0.25, 0.3) is 0 Å². The molecule has 0 spiro atoms. The van der Waals surface area contributed by atoms with Crippen LogP contribution in [0.25, 0.3) is 0 Å². The van der Waals surface area contributed by atoms with Gasteiger partial charge in [0.1, 0.15) is 0 Å². The molecule has 1 saturated heterocycles. The lowest BCUT2D eigenvalue weighted by atomic mass is 9.97. The first-order chi connectivity index (χ1) is 13.7. The Kier molecular flexibility index (Phi) is 6.89. The molecule has 1 amide bonds. The Morgan fingerprint density at radius 1 is 1.07 bits per heavy atom. The maximum Gasteiger partial charge on any atom is 0.227 e. The smallest absolute Gasteiger partial charge is 0.227 e. The number of nitrogens with zero attached hydrogens (tertiary/aromatic N) is 1. The molecule has 3 rings (SSSR count). The molecule has 0 bridgehead atoms. The topological polar surface area (TPSA) is 66.5 Å². The third kappa shape index (κ3) is 5.31. The predicted molar refractivity (Wildman–Crippen MR) is 118 cm³/mol. The van der Waals surface area contributed by atoms with E-state index in [2.05, 4.69) is 5.32 Å². The zero-order valence-electron chi connectivity index (χ0n) is 16.4. The van der Waals surface area contributed by atoms with Crippen LogP contribution in [0.4, 0.5) is 5.69 Å². The summed E-state index contributed by atoms with van der Waals surface area (Å²) in [4.78, 5) is 12.6. The molecule has 0 radical (unpaired) electrons. The summed E-state index contributed by atoms with van der Waals surface area (Å²) in [5.41, 5.74) is 3.45. The van der Waals surface area contributed by atoms with Crippen molar-refractivity contribution in [3.8, 4) is 0 Å². The van der Waals surface area contributed by atoms with E-state index in [4.69, 9.17) is 23.2 Å². The van der Waals surface area contributed by atoms with Gasteiger partial charge in [-0.3, -0.25) is 4.79 Å². The number of sulfonamides is 1. The normalized spacial score (nSPS) is 16.0. The van der Waals surface area contributed by atoms with E-state index in [1.165, 1.54) is 9.87 Å². The molecule has 1 aliphatic rings.